The van der Waals surface area contributed by atoms with E-state index >= 15 is 0 Å². The lowest BCUT2D eigenvalue weighted by atomic mass is 10.3. The molecule has 1 aliphatic rings. The minimum absolute atomic E-state index is 0.882. The maximum absolute atomic E-state index is 4.95. The first-order valence-electron chi connectivity index (χ1n) is 4.54. The van der Waals surface area contributed by atoms with Crippen LogP contribution in [0.15, 0.2) is 0 Å². The van der Waals surface area contributed by atoms with Gasteiger partial charge in [0.25, 0.3) is 0 Å². The van der Waals surface area contributed by atoms with Crippen molar-refractivity contribution in [2.24, 2.45) is 11.8 Å². The van der Waals surface area contributed by atoms with Gasteiger partial charge in [-0.25, -0.2) is 0 Å². The molecule has 1 fully saturated rings. The van der Waals surface area contributed by atoms with Crippen molar-refractivity contribution < 1.29 is 4.74 Å². The molecule has 0 aromatic rings. The van der Waals surface area contributed by atoms with Gasteiger partial charge in [-0.1, -0.05) is 6.92 Å². The highest BCUT2D eigenvalue weighted by Crippen LogP contribution is 2.36. The molecule has 2 unspecified atom stereocenters. The summed E-state index contributed by atoms with van der Waals surface area (Å²) in [4.78, 5) is 0. The molecule has 2 atom stereocenters. The van der Waals surface area contributed by atoms with Crippen molar-refractivity contribution in [1.29, 1.82) is 0 Å². The SMILES string of the molecule is COCCCNCC1CC1C. The predicted octanol–water partition coefficient (Wildman–Crippen LogP) is 1.27. The smallest absolute Gasteiger partial charge is 0.0474 e. The van der Waals surface area contributed by atoms with E-state index in [-0.39, 0.29) is 0 Å². The van der Waals surface area contributed by atoms with E-state index in [0.717, 1.165) is 31.4 Å². The van der Waals surface area contributed by atoms with Crippen LogP contribution in [-0.4, -0.2) is 26.8 Å². The van der Waals surface area contributed by atoms with Gasteiger partial charge in [-0.15, -0.1) is 0 Å². The summed E-state index contributed by atoms with van der Waals surface area (Å²) in [6.07, 6.45) is 2.56. The van der Waals surface area contributed by atoms with E-state index in [4.69, 9.17) is 4.74 Å². The first-order chi connectivity index (χ1) is 5.34. The van der Waals surface area contributed by atoms with Gasteiger partial charge < -0.3 is 10.1 Å². The molecule has 1 saturated carbocycles. The van der Waals surface area contributed by atoms with E-state index in [9.17, 15) is 0 Å². The number of rotatable bonds is 6. The van der Waals surface area contributed by atoms with Crippen LogP contribution in [0.4, 0.5) is 0 Å². The Bertz CT molecular complexity index is 106. The van der Waals surface area contributed by atoms with E-state index in [0.29, 0.717) is 0 Å². The molecule has 2 heteroatoms. The summed E-state index contributed by atoms with van der Waals surface area (Å²) in [6.45, 7) is 5.52. The van der Waals surface area contributed by atoms with Crippen LogP contribution in [0.3, 0.4) is 0 Å². The Morgan fingerprint density at radius 3 is 2.82 bits per heavy atom. The molecule has 0 radical (unpaired) electrons. The fourth-order valence-electron chi connectivity index (χ4n) is 1.31. The van der Waals surface area contributed by atoms with Crippen LogP contribution >= 0.6 is 0 Å². The van der Waals surface area contributed by atoms with Gasteiger partial charge in [0.1, 0.15) is 0 Å². The van der Waals surface area contributed by atoms with Gasteiger partial charge in [0.15, 0.2) is 0 Å². The van der Waals surface area contributed by atoms with Crippen LogP contribution in [0.1, 0.15) is 19.8 Å². The van der Waals surface area contributed by atoms with Crippen molar-refractivity contribution in [2.45, 2.75) is 19.8 Å². The fraction of sp³-hybridized carbons (Fsp3) is 1.00. The quantitative estimate of drug-likeness (QED) is 0.586. The molecule has 1 N–H and O–H groups in total. The number of ether oxygens (including phenoxy) is 1. The van der Waals surface area contributed by atoms with Crippen molar-refractivity contribution >= 4 is 0 Å². The van der Waals surface area contributed by atoms with Gasteiger partial charge in [0.05, 0.1) is 0 Å². The molecular weight excluding hydrogens is 138 g/mol. The standard InChI is InChI=1S/C9H19NO/c1-8-6-9(8)7-10-4-3-5-11-2/h8-10H,3-7H2,1-2H3. The highest BCUT2D eigenvalue weighted by Gasteiger charge is 2.31. The second-order valence-corrected chi connectivity index (χ2v) is 3.52. The van der Waals surface area contributed by atoms with Crippen molar-refractivity contribution in [1.82, 2.24) is 5.32 Å². The maximum atomic E-state index is 4.95. The van der Waals surface area contributed by atoms with Crippen molar-refractivity contribution in [3.05, 3.63) is 0 Å². The molecule has 0 bridgehead atoms. The largest absolute Gasteiger partial charge is 0.385 e. The van der Waals surface area contributed by atoms with Gasteiger partial charge in [0, 0.05) is 13.7 Å². The molecule has 2 nitrogen and oxygen atoms in total. The van der Waals surface area contributed by atoms with Crippen LogP contribution in [0.2, 0.25) is 0 Å². The minimum atomic E-state index is 0.882. The molecule has 0 amide bonds. The molecule has 0 spiro atoms. The summed E-state index contributed by atoms with van der Waals surface area (Å²) < 4.78 is 4.95. The van der Waals surface area contributed by atoms with Gasteiger partial charge in [-0.3, -0.25) is 0 Å². The van der Waals surface area contributed by atoms with E-state index in [1.807, 2.05) is 0 Å². The molecule has 11 heavy (non-hydrogen) atoms. The topological polar surface area (TPSA) is 21.3 Å². The lowest BCUT2D eigenvalue weighted by molar-refractivity contribution is 0.194. The van der Waals surface area contributed by atoms with E-state index in [1.54, 1.807) is 7.11 Å². The van der Waals surface area contributed by atoms with Crippen LogP contribution in [-0.2, 0) is 4.74 Å². The third-order valence-corrected chi connectivity index (χ3v) is 2.38. The second-order valence-electron chi connectivity index (χ2n) is 3.52. The first kappa shape index (κ1) is 9.01. The Morgan fingerprint density at radius 2 is 2.27 bits per heavy atom. The van der Waals surface area contributed by atoms with Crippen LogP contribution < -0.4 is 5.32 Å². The lowest BCUT2D eigenvalue weighted by Gasteiger charge is -2.02. The Balaban J connectivity index is 1.74. The molecule has 0 aromatic heterocycles. The summed E-state index contributed by atoms with van der Waals surface area (Å²) in [5.74, 6) is 1.95. The molecule has 66 valence electrons. The lowest BCUT2D eigenvalue weighted by Crippen LogP contribution is -2.19. The molecule has 0 heterocycles. The molecule has 1 rings (SSSR count). The Morgan fingerprint density at radius 1 is 1.55 bits per heavy atom. The molecule has 0 aliphatic heterocycles. The molecule has 0 saturated heterocycles. The van der Waals surface area contributed by atoms with E-state index < -0.39 is 0 Å². The average Bonchev–Trinajstić information content (AvgIpc) is 2.67. The molecular formula is C9H19NO. The van der Waals surface area contributed by atoms with Crippen LogP contribution in [0, 0.1) is 11.8 Å². The number of methoxy groups -OCH3 is 1. The highest BCUT2D eigenvalue weighted by atomic mass is 16.5. The van der Waals surface area contributed by atoms with Gasteiger partial charge in [-0.05, 0) is 37.8 Å². The summed E-state index contributed by atoms with van der Waals surface area (Å²) in [5.41, 5.74) is 0. The average molecular weight is 157 g/mol. The zero-order valence-corrected chi connectivity index (χ0v) is 7.60. The van der Waals surface area contributed by atoms with Gasteiger partial charge in [0.2, 0.25) is 0 Å². The number of hydrogen-bond acceptors (Lipinski definition) is 2. The summed E-state index contributed by atoms with van der Waals surface area (Å²) in [5, 5.41) is 3.43. The van der Waals surface area contributed by atoms with Gasteiger partial charge >= 0.3 is 0 Å². The first-order valence-corrected chi connectivity index (χ1v) is 4.54. The fourth-order valence-corrected chi connectivity index (χ4v) is 1.31. The zero-order valence-electron chi connectivity index (χ0n) is 7.60. The third-order valence-electron chi connectivity index (χ3n) is 2.38. The summed E-state index contributed by atoms with van der Waals surface area (Å²) >= 11 is 0. The van der Waals surface area contributed by atoms with Gasteiger partial charge in [-0.2, -0.15) is 0 Å². The monoisotopic (exact) mass is 157 g/mol. The minimum Gasteiger partial charge on any atom is -0.385 e. The maximum Gasteiger partial charge on any atom is 0.0474 e. The van der Waals surface area contributed by atoms with Crippen LogP contribution in [0.5, 0.6) is 0 Å². The van der Waals surface area contributed by atoms with E-state index in [1.165, 1.54) is 13.0 Å². The van der Waals surface area contributed by atoms with Crippen LogP contribution in [0.25, 0.3) is 0 Å². The highest BCUT2D eigenvalue weighted by molar-refractivity contribution is 4.83. The Hall–Kier alpha value is -0.0800. The Labute approximate surface area is 69.3 Å². The predicted molar refractivity (Wildman–Crippen MR) is 46.6 cm³/mol. The summed E-state index contributed by atoms with van der Waals surface area (Å²) in [6, 6.07) is 0. The molecule has 0 aromatic carbocycles. The van der Waals surface area contributed by atoms with Crippen molar-refractivity contribution in [3.63, 3.8) is 0 Å². The number of hydrogen-bond donors (Lipinski definition) is 1. The van der Waals surface area contributed by atoms with Crippen molar-refractivity contribution in [3.8, 4) is 0 Å². The second kappa shape index (κ2) is 4.73. The zero-order chi connectivity index (χ0) is 8.10. The van der Waals surface area contributed by atoms with E-state index in [2.05, 4.69) is 12.2 Å². The Kier molecular flexibility index (Phi) is 3.87. The molecule has 1 aliphatic carbocycles. The number of nitrogens with one attached hydrogen (secondary N) is 1. The van der Waals surface area contributed by atoms with Crippen molar-refractivity contribution in [2.75, 3.05) is 26.8 Å². The summed E-state index contributed by atoms with van der Waals surface area (Å²) in [7, 11) is 1.75. The third kappa shape index (κ3) is 3.73. The normalized spacial score (nSPS) is 28.9.